The van der Waals surface area contributed by atoms with E-state index in [1.54, 1.807) is 12.1 Å². The lowest BCUT2D eigenvalue weighted by Gasteiger charge is -2.43. The predicted octanol–water partition coefficient (Wildman–Crippen LogP) is 4.72. The lowest BCUT2D eigenvalue weighted by atomic mass is 9.81. The third-order valence-electron chi connectivity index (χ3n) is 5.59. The lowest BCUT2D eigenvalue weighted by molar-refractivity contribution is -0.139. The Morgan fingerprint density at radius 3 is 2.67 bits per heavy atom. The number of carbonyl (C=O) groups is 2. The fourth-order valence-electron chi connectivity index (χ4n) is 4.07. The summed E-state index contributed by atoms with van der Waals surface area (Å²) < 4.78 is 12.9. The van der Waals surface area contributed by atoms with Gasteiger partial charge in [0.2, 0.25) is 5.91 Å². The van der Waals surface area contributed by atoms with E-state index >= 15 is 0 Å². The molecule has 1 heterocycles. The van der Waals surface area contributed by atoms with Gasteiger partial charge in [-0.1, -0.05) is 39.7 Å². The van der Waals surface area contributed by atoms with Crippen LogP contribution in [0.5, 0.6) is 5.75 Å². The zero-order valence-corrected chi connectivity index (χ0v) is 20.8. The van der Waals surface area contributed by atoms with Crippen molar-refractivity contribution in [3.05, 3.63) is 62.6 Å². The van der Waals surface area contributed by atoms with E-state index in [0.29, 0.717) is 29.2 Å². The number of aliphatic carboxylic acids is 1. The molecule has 0 aliphatic carbocycles. The number of halogens is 2. The maximum absolute atomic E-state index is 12.4. The maximum atomic E-state index is 12.4. The number of rotatable bonds is 8. The van der Waals surface area contributed by atoms with E-state index < -0.39 is 24.2 Å². The number of nitrogens with one attached hydrogen (secondary N) is 1. The van der Waals surface area contributed by atoms with Gasteiger partial charge in [-0.05, 0) is 49.2 Å². The van der Waals surface area contributed by atoms with Crippen molar-refractivity contribution < 1.29 is 29.3 Å². The van der Waals surface area contributed by atoms with Crippen LogP contribution in [0.1, 0.15) is 55.1 Å². The Bertz CT molecular complexity index is 1030. The zero-order valence-electron chi connectivity index (χ0n) is 18.4. The molecule has 178 valence electrons. The van der Waals surface area contributed by atoms with Crippen LogP contribution in [0, 0.1) is 6.92 Å². The third-order valence-corrected chi connectivity index (χ3v) is 6.68. The molecule has 3 N–H and O–H groups in total. The van der Waals surface area contributed by atoms with Gasteiger partial charge in [0.25, 0.3) is 0 Å². The summed E-state index contributed by atoms with van der Waals surface area (Å²) >= 11 is 9.76. The molecule has 1 fully saturated rings. The number of hydrogen-bond donors (Lipinski definition) is 3. The summed E-state index contributed by atoms with van der Waals surface area (Å²) in [7, 11) is 0. The van der Waals surface area contributed by atoms with Crippen molar-refractivity contribution in [2.45, 2.75) is 50.9 Å². The van der Waals surface area contributed by atoms with Crippen molar-refractivity contribution in [3.63, 3.8) is 0 Å². The monoisotopic (exact) mass is 539 g/mol. The molecule has 0 bridgehead atoms. The number of ether oxygens (including phenoxy) is 2. The molecule has 1 amide bonds. The predicted molar refractivity (Wildman–Crippen MR) is 128 cm³/mol. The Morgan fingerprint density at radius 2 is 2.00 bits per heavy atom. The van der Waals surface area contributed by atoms with Crippen molar-refractivity contribution in [3.8, 4) is 5.75 Å². The van der Waals surface area contributed by atoms with Gasteiger partial charge in [-0.15, -0.1) is 0 Å². The first kappa shape index (κ1) is 25.5. The minimum absolute atomic E-state index is 0.00595. The van der Waals surface area contributed by atoms with Crippen LogP contribution in [0.3, 0.4) is 0 Å². The van der Waals surface area contributed by atoms with Gasteiger partial charge >= 0.3 is 5.97 Å². The Kier molecular flexibility index (Phi) is 8.39. The minimum atomic E-state index is -1.08. The number of aliphatic hydroxyl groups is 1. The van der Waals surface area contributed by atoms with Gasteiger partial charge in [0.15, 0.2) is 6.61 Å². The molecular formula is C24H27BrClNO6. The highest BCUT2D eigenvalue weighted by atomic mass is 79.9. The van der Waals surface area contributed by atoms with Crippen LogP contribution >= 0.6 is 27.5 Å². The number of carbonyl (C=O) groups excluding carboxylic acids is 1. The van der Waals surface area contributed by atoms with Crippen molar-refractivity contribution >= 4 is 39.4 Å². The van der Waals surface area contributed by atoms with Gasteiger partial charge in [-0.3, -0.25) is 4.79 Å². The molecule has 2 aromatic rings. The van der Waals surface area contributed by atoms with Gasteiger partial charge in [0.1, 0.15) is 5.75 Å². The van der Waals surface area contributed by atoms with Crippen LogP contribution in [-0.2, 0) is 14.3 Å². The first-order valence-corrected chi connectivity index (χ1v) is 11.7. The van der Waals surface area contributed by atoms with E-state index in [-0.39, 0.29) is 25.0 Å². The molecule has 0 radical (unpaired) electrons. The highest BCUT2D eigenvalue weighted by molar-refractivity contribution is 9.10. The van der Waals surface area contributed by atoms with Gasteiger partial charge < -0.3 is 25.0 Å². The molecule has 33 heavy (non-hydrogen) atoms. The minimum Gasteiger partial charge on any atom is -0.482 e. The van der Waals surface area contributed by atoms with Crippen molar-refractivity contribution in [1.29, 1.82) is 0 Å². The number of carboxylic acids is 1. The lowest BCUT2D eigenvalue weighted by Crippen LogP contribution is -2.51. The van der Waals surface area contributed by atoms with Gasteiger partial charge in [-0.2, -0.15) is 0 Å². The summed E-state index contributed by atoms with van der Waals surface area (Å²) in [4.78, 5) is 23.5. The van der Waals surface area contributed by atoms with E-state index in [0.717, 1.165) is 15.6 Å². The van der Waals surface area contributed by atoms with Gasteiger partial charge in [0.05, 0.1) is 18.8 Å². The molecule has 1 aliphatic heterocycles. The fourth-order valence-corrected chi connectivity index (χ4v) is 4.63. The van der Waals surface area contributed by atoms with Crippen LogP contribution in [-0.4, -0.2) is 40.8 Å². The average molecular weight is 541 g/mol. The van der Waals surface area contributed by atoms with Crippen LogP contribution in [0.4, 0.5) is 0 Å². The topological polar surface area (TPSA) is 105 Å². The first-order valence-electron chi connectivity index (χ1n) is 10.6. The maximum Gasteiger partial charge on any atom is 0.341 e. The number of aryl methyl sites for hydroxylation is 1. The Balaban J connectivity index is 2.01. The second kappa shape index (κ2) is 10.9. The molecule has 0 saturated carbocycles. The molecule has 0 spiro atoms. The Hall–Kier alpha value is -2.13. The SMILES string of the molecule is Cc1cc(OCC(=O)O)c([C@H]2C[C@@](C)(NC(=O)CCO)C[C@@H](c3cccc(Cl)c3)O2)cc1Br. The second-order valence-electron chi connectivity index (χ2n) is 8.48. The summed E-state index contributed by atoms with van der Waals surface area (Å²) in [6.45, 7) is 3.11. The van der Waals surface area contributed by atoms with Crippen LogP contribution < -0.4 is 10.1 Å². The molecule has 0 aromatic heterocycles. The van der Waals surface area contributed by atoms with Crippen LogP contribution in [0.15, 0.2) is 40.9 Å². The third kappa shape index (κ3) is 6.69. The zero-order chi connectivity index (χ0) is 24.2. The van der Waals surface area contributed by atoms with Crippen molar-refractivity contribution in [2.24, 2.45) is 0 Å². The number of amides is 1. The quantitative estimate of drug-likeness (QED) is 0.447. The van der Waals surface area contributed by atoms with E-state index in [1.807, 2.05) is 38.1 Å². The highest BCUT2D eigenvalue weighted by Gasteiger charge is 2.41. The summed E-state index contributed by atoms with van der Waals surface area (Å²) in [5.41, 5.74) is 1.79. The van der Waals surface area contributed by atoms with E-state index in [9.17, 15) is 9.59 Å². The van der Waals surface area contributed by atoms with Gasteiger partial charge in [0, 0.05) is 39.9 Å². The molecular weight excluding hydrogens is 514 g/mol. The van der Waals surface area contributed by atoms with E-state index in [4.69, 9.17) is 31.3 Å². The molecule has 1 aliphatic rings. The molecule has 3 atom stereocenters. The summed E-state index contributed by atoms with van der Waals surface area (Å²) in [5.74, 6) is -0.916. The van der Waals surface area contributed by atoms with E-state index in [2.05, 4.69) is 21.2 Å². The van der Waals surface area contributed by atoms with Crippen LogP contribution in [0.25, 0.3) is 0 Å². The molecule has 2 aromatic carbocycles. The van der Waals surface area contributed by atoms with Crippen molar-refractivity contribution in [2.75, 3.05) is 13.2 Å². The summed E-state index contributed by atoms with van der Waals surface area (Å²) in [6.07, 6.45) is 0.0584. The summed E-state index contributed by atoms with van der Waals surface area (Å²) in [5, 5.41) is 21.9. The van der Waals surface area contributed by atoms with Crippen molar-refractivity contribution in [1.82, 2.24) is 5.32 Å². The smallest absolute Gasteiger partial charge is 0.341 e. The largest absolute Gasteiger partial charge is 0.482 e. The number of benzene rings is 2. The second-order valence-corrected chi connectivity index (χ2v) is 9.77. The average Bonchev–Trinajstić information content (AvgIpc) is 2.73. The van der Waals surface area contributed by atoms with Crippen LogP contribution in [0.2, 0.25) is 5.02 Å². The number of carboxylic acid groups (broad SMARTS) is 1. The molecule has 9 heteroatoms. The fraction of sp³-hybridized carbons (Fsp3) is 0.417. The molecule has 0 unspecified atom stereocenters. The Morgan fingerprint density at radius 1 is 1.27 bits per heavy atom. The molecule has 3 rings (SSSR count). The van der Waals surface area contributed by atoms with Gasteiger partial charge in [-0.25, -0.2) is 4.79 Å². The first-order chi connectivity index (χ1) is 15.6. The molecule has 7 nitrogen and oxygen atoms in total. The highest BCUT2D eigenvalue weighted by Crippen LogP contribution is 2.47. The normalized spacial score (nSPS) is 22.6. The number of aliphatic hydroxyl groups excluding tert-OH is 1. The molecule has 1 saturated heterocycles. The van der Waals surface area contributed by atoms with E-state index in [1.165, 1.54) is 0 Å². The standard InChI is InChI=1S/C24H27BrClNO6/c1-14-8-19(32-13-23(30)31)17(10-18(14)25)21-12-24(2,27-22(29)6-7-28)11-20(33-21)15-4-3-5-16(26)9-15/h3-5,8-10,20-21,28H,6-7,11-13H2,1-2H3,(H,27,29)(H,30,31)/t20-,21+,24-/m0/s1. The Labute approximate surface area is 206 Å². The summed E-state index contributed by atoms with van der Waals surface area (Å²) in [6, 6.07) is 11.0. The number of hydrogen-bond acceptors (Lipinski definition) is 5.